The first kappa shape index (κ1) is 26.3. The van der Waals surface area contributed by atoms with Gasteiger partial charge in [0.05, 0.1) is 5.71 Å². The zero-order chi connectivity index (χ0) is 20.0. The van der Waals surface area contributed by atoms with Gasteiger partial charge in [-0.3, -0.25) is 9.59 Å². The number of oxime groups is 1. The van der Waals surface area contributed by atoms with Crippen molar-refractivity contribution < 1.29 is 24.6 Å². The van der Waals surface area contributed by atoms with E-state index in [1.54, 1.807) is 0 Å². The Balaban J connectivity index is 0. The van der Waals surface area contributed by atoms with Gasteiger partial charge in [-0.05, 0) is 20.8 Å². The molecule has 10 heteroatoms. The largest absolute Gasteiger partial charge is 0.480 e. The minimum Gasteiger partial charge on any atom is -0.480 e. The Labute approximate surface area is 158 Å². The number of thioether (sulfide) groups is 2. The number of carboxylic acids is 2. The second-order valence-electron chi connectivity index (χ2n) is 5.78. The van der Waals surface area contributed by atoms with Crippen molar-refractivity contribution in [2.75, 3.05) is 23.0 Å². The summed E-state index contributed by atoms with van der Waals surface area (Å²) in [4.78, 5) is 26.7. The van der Waals surface area contributed by atoms with E-state index in [-0.39, 0.29) is 11.5 Å². The molecule has 0 aromatic carbocycles. The lowest BCUT2D eigenvalue weighted by Crippen LogP contribution is -2.33. The summed E-state index contributed by atoms with van der Waals surface area (Å²) in [5.74, 6) is -0.696. The molecule has 0 radical (unpaired) electrons. The quantitative estimate of drug-likeness (QED) is 0.300. The molecule has 2 unspecified atom stereocenters. The van der Waals surface area contributed by atoms with Crippen LogP contribution in [-0.4, -0.2) is 68.6 Å². The maximum Gasteiger partial charge on any atom is 0.321 e. The molecule has 0 aromatic rings. The highest BCUT2D eigenvalue weighted by Crippen LogP contribution is 2.12. The van der Waals surface area contributed by atoms with Crippen LogP contribution in [0.25, 0.3) is 0 Å². The maximum absolute atomic E-state index is 10.7. The number of hydrogen-bond donors (Lipinski definition) is 4. The zero-order valence-corrected chi connectivity index (χ0v) is 17.2. The molecular weight excluding hydrogens is 366 g/mol. The molecular formula is C15H31N3O5S2. The van der Waals surface area contributed by atoms with Crippen LogP contribution in [-0.2, 0) is 14.4 Å². The van der Waals surface area contributed by atoms with E-state index < -0.39 is 29.6 Å². The van der Waals surface area contributed by atoms with Crippen molar-refractivity contribution in [3.05, 3.63) is 0 Å². The normalized spacial score (nSPS) is 13.1. The van der Waals surface area contributed by atoms with Gasteiger partial charge in [0.25, 0.3) is 0 Å². The molecule has 8 nitrogen and oxygen atoms in total. The molecule has 2 atom stereocenters. The minimum absolute atomic E-state index is 0.253. The molecule has 0 bridgehead atoms. The van der Waals surface area contributed by atoms with Crippen molar-refractivity contribution in [3.63, 3.8) is 0 Å². The Bertz CT molecular complexity index is 400. The Morgan fingerprint density at radius 2 is 1.36 bits per heavy atom. The van der Waals surface area contributed by atoms with E-state index in [1.165, 1.54) is 23.5 Å². The van der Waals surface area contributed by atoms with Gasteiger partial charge in [-0.25, -0.2) is 0 Å². The SMILES string of the molecule is CC.CC(C)(C)ON=C(CSCC(N)C(=O)O)CSCC(N)C(=O)O. The summed E-state index contributed by atoms with van der Waals surface area (Å²) in [6.07, 6.45) is 0. The molecule has 0 aliphatic rings. The number of nitrogens with two attached hydrogens (primary N) is 2. The number of carbonyl (C=O) groups is 2. The van der Waals surface area contributed by atoms with Gasteiger partial charge in [0.2, 0.25) is 0 Å². The number of aliphatic carboxylic acids is 2. The fourth-order valence-electron chi connectivity index (χ4n) is 1.05. The summed E-state index contributed by atoms with van der Waals surface area (Å²) < 4.78 is 0. The van der Waals surface area contributed by atoms with Crippen molar-refractivity contribution in [2.24, 2.45) is 16.6 Å². The van der Waals surface area contributed by atoms with Crippen molar-refractivity contribution >= 4 is 41.2 Å². The van der Waals surface area contributed by atoms with Crippen LogP contribution < -0.4 is 11.5 Å². The molecule has 148 valence electrons. The van der Waals surface area contributed by atoms with Crippen LogP contribution in [0.2, 0.25) is 0 Å². The van der Waals surface area contributed by atoms with E-state index >= 15 is 0 Å². The van der Waals surface area contributed by atoms with Crippen LogP contribution in [0.1, 0.15) is 34.6 Å². The topological polar surface area (TPSA) is 148 Å². The molecule has 0 rings (SSSR count). The van der Waals surface area contributed by atoms with Gasteiger partial charge in [0, 0.05) is 23.0 Å². The molecule has 0 aliphatic heterocycles. The third-order valence-corrected chi connectivity index (χ3v) is 4.48. The summed E-state index contributed by atoms with van der Waals surface area (Å²) in [6.45, 7) is 9.57. The van der Waals surface area contributed by atoms with Crippen molar-refractivity contribution in [3.8, 4) is 0 Å². The van der Waals surface area contributed by atoms with Crippen molar-refractivity contribution in [2.45, 2.75) is 52.3 Å². The first-order valence-corrected chi connectivity index (χ1v) is 10.2. The molecule has 6 N–H and O–H groups in total. The molecule has 0 saturated carbocycles. The number of carboxylic acid groups (broad SMARTS) is 2. The van der Waals surface area contributed by atoms with Crippen molar-refractivity contribution in [1.29, 1.82) is 0 Å². The Hall–Kier alpha value is -0.970. The third kappa shape index (κ3) is 16.3. The first-order chi connectivity index (χ1) is 11.5. The van der Waals surface area contributed by atoms with Crippen LogP contribution >= 0.6 is 23.5 Å². The molecule has 0 spiro atoms. The van der Waals surface area contributed by atoms with Crippen LogP contribution in [0.15, 0.2) is 5.16 Å². The van der Waals surface area contributed by atoms with Crippen molar-refractivity contribution in [1.82, 2.24) is 0 Å². The summed E-state index contributed by atoms with van der Waals surface area (Å²) in [6, 6.07) is -1.87. The zero-order valence-electron chi connectivity index (χ0n) is 15.5. The number of rotatable bonds is 11. The first-order valence-electron chi connectivity index (χ1n) is 7.89. The average molecular weight is 398 g/mol. The predicted octanol–water partition coefficient (Wildman–Crippen LogP) is 1.47. The molecule has 0 saturated heterocycles. The van der Waals surface area contributed by atoms with Gasteiger partial charge in [-0.15, -0.1) is 0 Å². The maximum atomic E-state index is 10.7. The summed E-state index contributed by atoms with van der Waals surface area (Å²) in [5.41, 5.74) is 11.1. The fraction of sp³-hybridized carbons (Fsp3) is 0.800. The van der Waals surface area contributed by atoms with Crippen LogP contribution in [0, 0.1) is 0 Å². The highest BCUT2D eigenvalue weighted by Gasteiger charge is 2.16. The highest BCUT2D eigenvalue weighted by atomic mass is 32.2. The standard InChI is InChI=1S/C13H25N3O5S2.C2H6/c1-13(2,3)21-16-8(4-22-6-9(14)11(17)18)5-23-7-10(15)12(19)20;1-2/h9-10H,4-7,14-15H2,1-3H3,(H,17,18)(H,19,20);1-2H3. The predicted molar refractivity (Wildman–Crippen MR) is 105 cm³/mol. The lowest BCUT2D eigenvalue weighted by atomic mass is 10.2. The fourth-order valence-corrected chi connectivity index (χ4v) is 2.98. The molecule has 0 amide bonds. The minimum atomic E-state index is -1.05. The van der Waals surface area contributed by atoms with E-state index in [0.717, 1.165) is 0 Å². The van der Waals surface area contributed by atoms with Crippen LogP contribution in [0.3, 0.4) is 0 Å². The van der Waals surface area contributed by atoms with Gasteiger partial charge >= 0.3 is 11.9 Å². The summed E-state index contributed by atoms with van der Waals surface area (Å²) in [7, 11) is 0. The molecule has 0 aromatic heterocycles. The average Bonchev–Trinajstić information content (AvgIpc) is 2.52. The number of nitrogens with zero attached hydrogens (tertiary/aromatic N) is 1. The molecule has 0 heterocycles. The third-order valence-electron chi connectivity index (χ3n) is 2.22. The Morgan fingerprint density at radius 3 is 1.64 bits per heavy atom. The van der Waals surface area contributed by atoms with Gasteiger partial charge in [0.15, 0.2) is 0 Å². The van der Waals surface area contributed by atoms with E-state index in [4.69, 9.17) is 26.5 Å². The van der Waals surface area contributed by atoms with E-state index in [9.17, 15) is 9.59 Å². The lowest BCUT2D eigenvalue weighted by Gasteiger charge is -2.17. The summed E-state index contributed by atoms with van der Waals surface area (Å²) >= 11 is 2.67. The molecule has 0 aliphatic carbocycles. The molecule has 0 fully saturated rings. The Kier molecular flexibility index (Phi) is 14.9. The van der Waals surface area contributed by atoms with Gasteiger partial charge in [-0.2, -0.15) is 23.5 Å². The Morgan fingerprint density at radius 1 is 1.00 bits per heavy atom. The van der Waals surface area contributed by atoms with Crippen LogP contribution in [0.5, 0.6) is 0 Å². The number of hydrogen-bond acceptors (Lipinski definition) is 8. The van der Waals surface area contributed by atoms with E-state index in [2.05, 4.69) is 5.16 Å². The lowest BCUT2D eigenvalue weighted by molar-refractivity contribution is -0.138. The van der Waals surface area contributed by atoms with E-state index in [0.29, 0.717) is 17.2 Å². The van der Waals surface area contributed by atoms with Crippen LogP contribution in [0.4, 0.5) is 0 Å². The second-order valence-corrected chi connectivity index (χ2v) is 7.84. The molecule has 25 heavy (non-hydrogen) atoms. The smallest absolute Gasteiger partial charge is 0.321 e. The second kappa shape index (κ2) is 14.2. The monoisotopic (exact) mass is 397 g/mol. The van der Waals surface area contributed by atoms with E-state index in [1.807, 2.05) is 34.6 Å². The summed E-state index contributed by atoms with van der Waals surface area (Å²) in [5, 5.41) is 21.6. The highest BCUT2D eigenvalue weighted by molar-refractivity contribution is 8.01. The van der Waals surface area contributed by atoms with Gasteiger partial charge in [0.1, 0.15) is 17.7 Å². The van der Waals surface area contributed by atoms with Gasteiger partial charge < -0.3 is 26.5 Å². The van der Waals surface area contributed by atoms with Gasteiger partial charge in [-0.1, -0.05) is 19.0 Å².